The summed E-state index contributed by atoms with van der Waals surface area (Å²) in [4.78, 5) is 27.0. The third kappa shape index (κ3) is 6.82. The van der Waals surface area contributed by atoms with Crippen LogP contribution in [0.4, 0.5) is 16.3 Å². The van der Waals surface area contributed by atoms with E-state index in [-0.39, 0.29) is 17.3 Å². The van der Waals surface area contributed by atoms with E-state index < -0.39 is 24.5 Å². The number of anilines is 2. The summed E-state index contributed by atoms with van der Waals surface area (Å²) in [6.07, 6.45) is -1.04. The van der Waals surface area contributed by atoms with Crippen molar-refractivity contribution in [2.75, 3.05) is 37.2 Å². The van der Waals surface area contributed by atoms with E-state index in [2.05, 4.69) is 65.1 Å². The molecule has 1 saturated heterocycles. The Morgan fingerprint density at radius 3 is 2.54 bits per heavy atom. The first-order valence-corrected chi connectivity index (χ1v) is 13.3. The van der Waals surface area contributed by atoms with E-state index in [0.717, 1.165) is 12.2 Å². The molecular formula is C27H40N8O4. The highest BCUT2D eigenvalue weighted by atomic mass is 16.6. The normalized spacial score (nSPS) is 21.7. The van der Waals surface area contributed by atoms with Gasteiger partial charge in [-0.15, -0.1) is 0 Å². The number of fused-ring (bicyclic) bond motifs is 1. The van der Waals surface area contributed by atoms with Gasteiger partial charge in [-0.3, -0.25) is 9.47 Å². The summed E-state index contributed by atoms with van der Waals surface area (Å²) in [5, 5.41) is 27.4. The van der Waals surface area contributed by atoms with Gasteiger partial charge in [0.05, 0.1) is 6.33 Å². The Morgan fingerprint density at radius 2 is 1.87 bits per heavy atom. The van der Waals surface area contributed by atoms with E-state index in [1.807, 2.05) is 24.3 Å². The molecule has 3 heterocycles. The van der Waals surface area contributed by atoms with Crippen LogP contribution < -0.4 is 16.4 Å². The quantitative estimate of drug-likeness (QED) is 0.273. The molecule has 0 bridgehead atoms. The van der Waals surface area contributed by atoms with Crippen LogP contribution in [0.15, 0.2) is 36.9 Å². The number of carbonyl (C=O) groups is 1. The maximum absolute atomic E-state index is 12.5. The monoisotopic (exact) mass is 540 g/mol. The van der Waals surface area contributed by atoms with Crippen molar-refractivity contribution in [2.24, 2.45) is 5.92 Å². The number of nitrogens with zero attached hydrogens (tertiary/aromatic N) is 5. The fraction of sp³-hybridized carbons (Fsp3) is 0.556. The van der Waals surface area contributed by atoms with E-state index in [1.54, 1.807) is 4.57 Å². The fourth-order valence-corrected chi connectivity index (χ4v) is 4.75. The summed E-state index contributed by atoms with van der Waals surface area (Å²) in [5.74, 6) is 0.571. The summed E-state index contributed by atoms with van der Waals surface area (Å²) in [6.45, 7) is 12.7. The van der Waals surface area contributed by atoms with Gasteiger partial charge >= 0.3 is 6.03 Å². The van der Waals surface area contributed by atoms with Gasteiger partial charge in [0, 0.05) is 31.9 Å². The molecule has 39 heavy (non-hydrogen) atoms. The van der Waals surface area contributed by atoms with Crippen LogP contribution in [0.3, 0.4) is 0 Å². The van der Waals surface area contributed by atoms with Crippen molar-refractivity contribution in [3.8, 4) is 0 Å². The second-order valence-electron chi connectivity index (χ2n) is 11.5. The molecule has 12 heteroatoms. The zero-order chi connectivity index (χ0) is 28.3. The number of ether oxygens (including phenoxy) is 1. The highest BCUT2D eigenvalue weighted by Gasteiger charge is 2.44. The fourth-order valence-electron chi connectivity index (χ4n) is 4.75. The third-order valence-electron chi connectivity index (χ3n) is 6.78. The van der Waals surface area contributed by atoms with Crippen LogP contribution in [0.2, 0.25) is 0 Å². The lowest BCUT2D eigenvalue weighted by Gasteiger charge is -2.28. The summed E-state index contributed by atoms with van der Waals surface area (Å²) in [7, 11) is 0. The van der Waals surface area contributed by atoms with Crippen LogP contribution in [0.5, 0.6) is 0 Å². The number of aromatic nitrogens is 4. The van der Waals surface area contributed by atoms with Crippen molar-refractivity contribution in [3.63, 3.8) is 0 Å². The number of amides is 2. The number of nitrogens with one attached hydrogen (secondary N) is 2. The minimum atomic E-state index is -1.18. The van der Waals surface area contributed by atoms with Gasteiger partial charge in [-0.05, 0) is 29.0 Å². The molecule has 0 radical (unpaired) electrons. The maximum Gasteiger partial charge on any atom is 0.319 e. The van der Waals surface area contributed by atoms with E-state index in [9.17, 15) is 15.0 Å². The second-order valence-corrected chi connectivity index (χ2v) is 11.5. The van der Waals surface area contributed by atoms with Crippen LogP contribution in [-0.2, 0) is 10.2 Å². The first kappa shape index (κ1) is 28.7. The van der Waals surface area contributed by atoms with Gasteiger partial charge in [-0.2, -0.15) is 0 Å². The smallest absolute Gasteiger partial charge is 0.319 e. The van der Waals surface area contributed by atoms with Crippen molar-refractivity contribution in [1.29, 1.82) is 0 Å². The number of nitrogens with two attached hydrogens (primary N) is 1. The molecule has 3 aromatic rings. The lowest BCUT2D eigenvalue weighted by atomic mass is 9.87. The molecule has 0 spiro atoms. The average Bonchev–Trinajstić information content (AvgIpc) is 3.41. The number of aliphatic hydroxyl groups is 2. The number of hydrogen-bond acceptors (Lipinski definition) is 9. The second kappa shape index (κ2) is 11.8. The van der Waals surface area contributed by atoms with Crippen LogP contribution in [-0.4, -0.2) is 85.2 Å². The van der Waals surface area contributed by atoms with Gasteiger partial charge in [0.15, 0.2) is 17.7 Å². The van der Waals surface area contributed by atoms with E-state index in [1.165, 1.54) is 18.2 Å². The molecule has 0 aliphatic carbocycles. The SMILES string of the molecule is CC(C)CN(CCNC(=O)Nc1ccc(C(C)(C)C)cc1)C[C@H]1OC(n2cnc3c(N)ncnc32)[C@H](O)[C@@H]1O. The maximum atomic E-state index is 12.5. The molecule has 12 nitrogen and oxygen atoms in total. The van der Waals surface area contributed by atoms with Gasteiger partial charge in [0.25, 0.3) is 0 Å². The highest BCUT2D eigenvalue weighted by Crippen LogP contribution is 2.32. The molecule has 1 aliphatic heterocycles. The number of urea groups is 1. The lowest BCUT2D eigenvalue weighted by Crippen LogP contribution is -2.44. The molecule has 1 aliphatic rings. The minimum absolute atomic E-state index is 0.0439. The van der Waals surface area contributed by atoms with Crippen LogP contribution in [0.25, 0.3) is 11.2 Å². The van der Waals surface area contributed by atoms with Crippen LogP contribution in [0.1, 0.15) is 46.4 Å². The summed E-state index contributed by atoms with van der Waals surface area (Å²) >= 11 is 0. The van der Waals surface area contributed by atoms with Crippen LogP contribution in [0, 0.1) is 5.92 Å². The molecule has 6 N–H and O–H groups in total. The third-order valence-corrected chi connectivity index (χ3v) is 6.78. The molecule has 1 unspecified atom stereocenters. The Morgan fingerprint density at radius 1 is 1.15 bits per heavy atom. The standard InChI is InChI=1S/C27H40N8O4/c1-16(2)12-34(11-10-29-26(38)33-18-8-6-17(7-9-18)27(3,4)5)13-19-21(36)22(37)25(39-19)35-15-32-20-23(28)30-14-31-24(20)35/h6-9,14-16,19,21-22,25,36-37H,10-13H2,1-5H3,(H2,28,30,31)(H2,29,33,38)/t19-,21-,22-,25?/m1/s1. The number of hydrogen-bond donors (Lipinski definition) is 5. The Labute approximate surface area is 228 Å². The zero-order valence-corrected chi connectivity index (χ0v) is 23.2. The largest absolute Gasteiger partial charge is 0.387 e. The molecule has 2 aromatic heterocycles. The Hall–Kier alpha value is -3.32. The van der Waals surface area contributed by atoms with E-state index in [0.29, 0.717) is 36.7 Å². The molecule has 212 valence electrons. The molecule has 1 aromatic carbocycles. The zero-order valence-electron chi connectivity index (χ0n) is 23.2. The first-order chi connectivity index (χ1) is 18.4. The number of carbonyl (C=O) groups excluding carboxylic acids is 1. The molecule has 4 rings (SSSR count). The Bertz CT molecular complexity index is 1260. The predicted molar refractivity (Wildman–Crippen MR) is 149 cm³/mol. The van der Waals surface area contributed by atoms with Gasteiger partial charge < -0.3 is 31.3 Å². The van der Waals surface area contributed by atoms with Gasteiger partial charge in [0.1, 0.15) is 30.2 Å². The molecule has 4 atom stereocenters. The molecular weight excluding hydrogens is 500 g/mol. The molecule has 0 saturated carbocycles. The van der Waals surface area contributed by atoms with Crippen LogP contribution >= 0.6 is 0 Å². The highest BCUT2D eigenvalue weighted by molar-refractivity contribution is 5.89. The van der Waals surface area contributed by atoms with Crippen molar-refractivity contribution in [1.82, 2.24) is 29.7 Å². The minimum Gasteiger partial charge on any atom is -0.387 e. The predicted octanol–water partition coefficient (Wildman–Crippen LogP) is 2.10. The lowest BCUT2D eigenvalue weighted by molar-refractivity contribution is -0.0447. The summed E-state index contributed by atoms with van der Waals surface area (Å²) < 4.78 is 7.67. The molecule has 1 fully saturated rings. The van der Waals surface area contributed by atoms with E-state index >= 15 is 0 Å². The number of nitrogen functional groups attached to an aromatic ring is 1. The Balaban J connectivity index is 1.33. The number of benzene rings is 1. The van der Waals surface area contributed by atoms with Crippen molar-refractivity contribution in [3.05, 3.63) is 42.5 Å². The van der Waals surface area contributed by atoms with Crippen molar-refractivity contribution >= 4 is 28.7 Å². The number of imidazole rings is 1. The topological polar surface area (TPSA) is 164 Å². The first-order valence-electron chi connectivity index (χ1n) is 13.3. The van der Waals surface area contributed by atoms with Crippen molar-refractivity contribution in [2.45, 2.75) is 64.6 Å². The summed E-state index contributed by atoms with van der Waals surface area (Å²) in [5.41, 5.74) is 8.67. The molecule has 2 amide bonds. The van der Waals surface area contributed by atoms with Gasteiger partial charge in [0.2, 0.25) is 0 Å². The van der Waals surface area contributed by atoms with Gasteiger partial charge in [-0.1, -0.05) is 46.8 Å². The summed E-state index contributed by atoms with van der Waals surface area (Å²) in [6, 6.07) is 7.54. The number of rotatable bonds is 9. The average molecular weight is 541 g/mol. The van der Waals surface area contributed by atoms with Crippen molar-refractivity contribution < 1.29 is 19.7 Å². The number of aliphatic hydroxyl groups excluding tert-OH is 2. The van der Waals surface area contributed by atoms with Gasteiger partial charge in [-0.25, -0.2) is 19.7 Å². The Kier molecular flexibility index (Phi) is 8.70. The van der Waals surface area contributed by atoms with E-state index in [4.69, 9.17) is 10.5 Å².